The molecule has 0 saturated carbocycles. The zero-order valence-corrected chi connectivity index (χ0v) is 11.5. The van der Waals surface area contributed by atoms with Gasteiger partial charge in [-0.25, -0.2) is 0 Å². The fourth-order valence-electron chi connectivity index (χ4n) is 1.90. The summed E-state index contributed by atoms with van der Waals surface area (Å²) in [7, 11) is 0. The summed E-state index contributed by atoms with van der Waals surface area (Å²) in [6, 6.07) is 2.77. The van der Waals surface area contributed by atoms with Gasteiger partial charge >= 0.3 is 11.2 Å². The van der Waals surface area contributed by atoms with Crippen molar-refractivity contribution >= 4 is 18.3 Å². The Morgan fingerprint density at radius 2 is 2.06 bits per heavy atom. The van der Waals surface area contributed by atoms with Crippen molar-refractivity contribution in [2.24, 2.45) is 5.41 Å². The van der Waals surface area contributed by atoms with Crippen molar-refractivity contribution in [2.45, 2.75) is 33.2 Å². The van der Waals surface area contributed by atoms with E-state index in [9.17, 15) is 14.9 Å². The van der Waals surface area contributed by atoms with Crippen LogP contribution in [0.3, 0.4) is 0 Å². The van der Waals surface area contributed by atoms with E-state index in [1.807, 2.05) is 13.8 Å². The van der Waals surface area contributed by atoms with Crippen LogP contribution in [-0.2, 0) is 6.54 Å². The summed E-state index contributed by atoms with van der Waals surface area (Å²) in [5, 5.41) is 10.7. The predicted octanol–water partition coefficient (Wildman–Crippen LogP) is 2.49. The molecule has 0 saturated heterocycles. The van der Waals surface area contributed by atoms with E-state index in [4.69, 9.17) is 0 Å². The molecule has 6 heteroatoms. The van der Waals surface area contributed by atoms with Gasteiger partial charge in [0, 0.05) is 18.8 Å². The van der Waals surface area contributed by atoms with E-state index in [1.165, 1.54) is 16.7 Å². The standard InChI is InChI=1S/C12H18N2O3S/c1-3-12(4-2,9-18)8-13-7-5-6-10(11(13)15)14(16)17/h5-7,18H,3-4,8-9H2,1-2H3. The van der Waals surface area contributed by atoms with Crippen LogP contribution in [0.2, 0.25) is 0 Å². The lowest BCUT2D eigenvalue weighted by Gasteiger charge is -2.30. The topological polar surface area (TPSA) is 65.1 Å². The monoisotopic (exact) mass is 270 g/mol. The molecule has 5 nitrogen and oxygen atoms in total. The molecule has 0 aromatic carbocycles. The number of pyridine rings is 1. The Hall–Kier alpha value is -1.30. The van der Waals surface area contributed by atoms with Crippen LogP contribution in [0.1, 0.15) is 26.7 Å². The van der Waals surface area contributed by atoms with Crippen molar-refractivity contribution in [2.75, 3.05) is 5.75 Å². The number of hydrogen-bond donors (Lipinski definition) is 1. The second-order valence-corrected chi connectivity index (χ2v) is 4.77. The van der Waals surface area contributed by atoms with Crippen LogP contribution >= 0.6 is 12.6 Å². The van der Waals surface area contributed by atoms with Crippen molar-refractivity contribution < 1.29 is 4.92 Å². The number of aromatic nitrogens is 1. The molecule has 0 radical (unpaired) electrons. The van der Waals surface area contributed by atoms with Crippen LogP contribution in [0.5, 0.6) is 0 Å². The van der Waals surface area contributed by atoms with Crippen LogP contribution in [0, 0.1) is 15.5 Å². The molecule has 0 spiro atoms. The second kappa shape index (κ2) is 6.04. The molecule has 0 aliphatic heterocycles. The Labute approximate surface area is 111 Å². The molecule has 1 rings (SSSR count). The highest BCUT2D eigenvalue weighted by molar-refractivity contribution is 7.80. The maximum atomic E-state index is 11.9. The van der Waals surface area contributed by atoms with Crippen LogP contribution in [0.4, 0.5) is 5.69 Å². The normalized spacial score (nSPS) is 11.5. The van der Waals surface area contributed by atoms with Crippen molar-refractivity contribution in [3.63, 3.8) is 0 Å². The first-order valence-corrected chi connectivity index (χ1v) is 6.57. The first-order chi connectivity index (χ1) is 8.49. The lowest BCUT2D eigenvalue weighted by molar-refractivity contribution is -0.386. The summed E-state index contributed by atoms with van der Waals surface area (Å²) in [6.07, 6.45) is 3.35. The van der Waals surface area contributed by atoms with E-state index in [2.05, 4.69) is 12.6 Å². The van der Waals surface area contributed by atoms with Crippen LogP contribution in [0.25, 0.3) is 0 Å². The zero-order chi connectivity index (χ0) is 13.8. The minimum Gasteiger partial charge on any atom is -0.309 e. The summed E-state index contributed by atoms with van der Waals surface area (Å²) in [5.74, 6) is 0.648. The number of rotatable bonds is 6. The lowest BCUT2D eigenvalue weighted by atomic mass is 9.84. The van der Waals surface area contributed by atoms with Crippen molar-refractivity contribution in [3.05, 3.63) is 38.8 Å². The molecule has 0 aliphatic rings. The Kier molecular flexibility index (Phi) is 4.95. The van der Waals surface area contributed by atoms with E-state index >= 15 is 0 Å². The van der Waals surface area contributed by atoms with Crippen LogP contribution in [-0.4, -0.2) is 15.2 Å². The zero-order valence-electron chi connectivity index (χ0n) is 10.6. The Bertz CT molecular complexity index is 472. The number of nitro groups is 1. The maximum Gasteiger partial charge on any atom is 0.334 e. The molecule has 0 atom stereocenters. The Morgan fingerprint density at radius 1 is 1.44 bits per heavy atom. The average molecular weight is 270 g/mol. The highest BCUT2D eigenvalue weighted by Crippen LogP contribution is 2.29. The Balaban J connectivity index is 3.16. The molecular weight excluding hydrogens is 252 g/mol. The van der Waals surface area contributed by atoms with Gasteiger partial charge in [0.25, 0.3) is 0 Å². The first kappa shape index (κ1) is 14.8. The fraction of sp³-hybridized carbons (Fsp3) is 0.583. The van der Waals surface area contributed by atoms with Crippen molar-refractivity contribution in [1.82, 2.24) is 4.57 Å². The maximum absolute atomic E-state index is 11.9. The third-order valence-electron chi connectivity index (χ3n) is 3.54. The number of nitrogens with zero attached hydrogens (tertiary/aromatic N) is 2. The summed E-state index contributed by atoms with van der Waals surface area (Å²) in [6.45, 7) is 4.55. The lowest BCUT2D eigenvalue weighted by Crippen LogP contribution is -2.33. The summed E-state index contributed by atoms with van der Waals surface area (Å²) >= 11 is 4.34. The highest BCUT2D eigenvalue weighted by Gasteiger charge is 2.26. The quantitative estimate of drug-likeness (QED) is 0.490. The SMILES string of the molecule is CCC(CC)(CS)Cn1cccc([N+](=O)[O-])c1=O. The highest BCUT2D eigenvalue weighted by atomic mass is 32.1. The molecule has 0 fully saturated rings. The molecule has 100 valence electrons. The molecule has 0 N–H and O–H groups in total. The molecule has 0 amide bonds. The largest absolute Gasteiger partial charge is 0.334 e. The summed E-state index contributed by atoms with van der Waals surface area (Å²) in [5.41, 5.74) is -1.02. The predicted molar refractivity (Wildman–Crippen MR) is 74.2 cm³/mol. The summed E-state index contributed by atoms with van der Waals surface area (Å²) < 4.78 is 1.42. The van der Waals surface area contributed by atoms with Crippen LogP contribution in [0.15, 0.2) is 23.1 Å². The average Bonchev–Trinajstić information content (AvgIpc) is 2.38. The third kappa shape index (κ3) is 2.93. The summed E-state index contributed by atoms with van der Waals surface area (Å²) in [4.78, 5) is 22.0. The minimum absolute atomic E-state index is 0.0951. The van der Waals surface area contributed by atoms with E-state index in [-0.39, 0.29) is 11.1 Å². The molecule has 1 heterocycles. The molecular formula is C12H18N2O3S. The minimum atomic E-state index is -0.640. The smallest absolute Gasteiger partial charge is 0.309 e. The second-order valence-electron chi connectivity index (χ2n) is 4.45. The van der Waals surface area contributed by atoms with Gasteiger partial charge in [-0.05, 0) is 30.1 Å². The molecule has 1 aromatic rings. The van der Waals surface area contributed by atoms with Gasteiger partial charge in [0.1, 0.15) is 0 Å². The van der Waals surface area contributed by atoms with Crippen LogP contribution < -0.4 is 5.56 Å². The van der Waals surface area contributed by atoms with E-state index in [1.54, 1.807) is 6.20 Å². The van der Waals surface area contributed by atoms with Gasteiger partial charge in [0.15, 0.2) is 0 Å². The first-order valence-electron chi connectivity index (χ1n) is 5.94. The molecule has 0 bridgehead atoms. The van der Waals surface area contributed by atoms with Crippen molar-refractivity contribution in [3.8, 4) is 0 Å². The molecule has 1 aromatic heterocycles. The van der Waals surface area contributed by atoms with Gasteiger partial charge in [-0.1, -0.05) is 13.8 Å². The number of hydrogen-bond acceptors (Lipinski definition) is 4. The van der Waals surface area contributed by atoms with E-state index < -0.39 is 10.5 Å². The molecule has 0 unspecified atom stereocenters. The fourth-order valence-corrected chi connectivity index (χ4v) is 2.44. The van der Waals surface area contributed by atoms with Gasteiger partial charge in [-0.15, -0.1) is 0 Å². The third-order valence-corrected chi connectivity index (χ3v) is 4.21. The number of thiol groups is 1. The van der Waals surface area contributed by atoms with E-state index in [0.717, 1.165) is 12.8 Å². The van der Waals surface area contributed by atoms with Gasteiger partial charge in [0.05, 0.1) is 4.92 Å². The van der Waals surface area contributed by atoms with Gasteiger partial charge in [-0.3, -0.25) is 14.9 Å². The van der Waals surface area contributed by atoms with Crippen molar-refractivity contribution in [1.29, 1.82) is 0 Å². The van der Waals surface area contributed by atoms with Gasteiger partial charge < -0.3 is 4.57 Å². The van der Waals surface area contributed by atoms with E-state index in [0.29, 0.717) is 12.3 Å². The van der Waals surface area contributed by atoms with Gasteiger partial charge in [0.2, 0.25) is 0 Å². The molecule has 18 heavy (non-hydrogen) atoms. The Morgan fingerprint density at radius 3 is 2.50 bits per heavy atom. The van der Waals surface area contributed by atoms with Gasteiger partial charge in [-0.2, -0.15) is 12.6 Å². The molecule has 0 aliphatic carbocycles.